The molecule has 0 bridgehead atoms. The lowest BCUT2D eigenvalue weighted by atomic mass is 10.0. The molecule has 0 fully saturated rings. The van der Waals surface area contributed by atoms with E-state index in [1.165, 1.54) is 17.8 Å². The minimum absolute atomic E-state index is 0.0230. The third kappa shape index (κ3) is 3.87. The number of aromatic nitrogens is 2. The van der Waals surface area contributed by atoms with Gasteiger partial charge in [-0.1, -0.05) is 13.8 Å². The number of hydrogen-bond acceptors (Lipinski definition) is 5. The molecule has 1 aromatic rings. The summed E-state index contributed by atoms with van der Waals surface area (Å²) in [6.07, 6.45) is 1.43. The van der Waals surface area contributed by atoms with Crippen LogP contribution in [0.3, 0.4) is 0 Å². The molecular weight excluding hydrogens is 264 g/mol. The minimum Gasteiger partial charge on any atom is -0.358 e. The fourth-order valence-electron chi connectivity index (χ4n) is 1.88. The number of amides is 1. The van der Waals surface area contributed by atoms with Crippen molar-refractivity contribution in [2.75, 3.05) is 0 Å². The molecule has 20 heavy (non-hydrogen) atoms. The molecule has 1 aromatic heterocycles. The average Bonchev–Trinajstić information content (AvgIpc) is 2.66. The Kier molecular flexibility index (Phi) is 4.95. The van der Waals surface area contributed by atoms with Gasteiger partial charge in [0.2, 0.25) is 5.91 Å². The fraction of sp³-hybridized carbons (Fsp3) is 0.583. The molecule has 8 heteroatoms. The van der Waals surface area contributed by atoms with Crippen LogP contribution in [0.2, 0.25) is 0 Å². The van der Waals surface area contributed by atoms with Gasteiger partial charge in [0.15, 0.2) is 5.78 Å². The van der Waals surface area contributed by atoms with Crippen LogP contribution in [0.15, 0.2) is 6.20 Å². The molecule has 0 saturated carbocycles. The summed E-state index contributed by atoms with van der Waals surface area (Å²) in [5.74, 6) is -0.831. The van der Waals surface area contributed by atoms with Crippen LogP contribution in [0, 0.1) is 23.0 Å². The van der Waals surface area contributed by atoms with E-state index in [0.29, 0.717) is 5.56 Å². The fourth-order valence-corrected chi connectivity index (χ4v) is 1.88. The summed E-state index contributed by atoms with van der Waals surface area (Å²) in [4.78, 5) is 33.3. The van der Waals surface area contributed by atoms with Gasteiger partial charge in [0, 0.05) is 0 Å². The SMILES string of the molecule is CC(=O)C(NC(=O)Cn1cc(C)c([N+](=O)[O-])n1)C(C)C. The predicted molar refractivity (Wildman–Crippen MR) is 71.1 cm³/mol. The average molecular weight is 282 g/mol. The van der Waals surface area contributed by atoms with E-state index in [1.807, 2.05) is 13.8 Å². The Morgan fingerprint density at radius 3 is 2.50 bits per heavy atom. The predicted octanol–water partition coefficient (Wildman–Crippen LogP) is 0.830. The second-order valence-electron chi connectivity index (χ2n) is 4.99. The van der Waals surface area contributed by atoms with E-state index in [1.54, 1.807) is 6.92 Å². The van der Waals surface area contributed by atoms with E-state index in [2.05, 4.69) is 10.4 Å². The van der Waals surface area contributed by atoms with Crippen LogP contribution in [-0.2, 0) is 16.1 Å². The van der Waals surface area contributed by atoms with Gasteiger partial charge in [0.1, 0.15) is 6.54 Å². The van der Waals surface area contributed by atoms with Gasteiger partial charge in [-0.2, -0.15) is 4.68 Å². The first-order valence-corrected chi connectivity index (χ1v) is 6.20. The molecule has 1 heterocycles. The van der Waals surface area contributed by atoms with Crippen molar-refractivity contribution in [1.29, 1.82) is 0 Å². The Morgan fingerprint density at radius 1 is 1.50 bits per heavy atom. The van der Waals surface area contributed by atoms with Crippen molar-refractivity contribution in [1.82, 2.24) is 15.1 Å². The van der Waals surface area contributed by atoms with Gasteiger partial charge >= 0.3 is 5.82 Å². The molecule has 0 saturated heterocycles. The van der Waals surface area contributed by atoms with Crippen LogP contribution in [0.5, 0.6) is 0 Å². The minimum atomic E-state index is -0.601. The summed E-state index contributed by atoms with van der Waals surface area (Å²) in [6, 6.07) is -0.561. The second kappa shape index (κ2) is 6.27. The summed E-state index contributed by atoms with van der Waals surface area (Å²) < 4.78 is 1.19. The zero-order valence-electron chi connectivity index (χ0n) is 11.9. The summed E-state index contributed by atoms with van der Waals surface area (Å²) in [7, 11) is 0. The van der Waals surface area contributed by atoms with Crippen LogP contribution in [0.4, 0.5) is 5.82 Å². The molecule has 0 radical (unpaired) electrons. The van der Waals surface area contributed by atoms with Crippen LogP contribution < -0.4 is 5.32 Å². The highest BCUT2D eigenvalue weighted by Crippen LogP contribution is 2.13. The van der Waals surface area contributed by atoms with Crippen molar-refractivity contribution >= 4 is 17.5 Å². The van der Waals surface area contributed by atoms with Crippen molar-refractivity contribution in [2.45, 2.75) is 40.3 Å². The van der Waals surface area contributed by atoms with Gasteiger partial charge < -0.3 is 15.4 Å². The molecule has 1 unspecified atom stereocenters. The zero-order chi connectivity index (χ0) is 15.4. The largest absolute Gasteiger partial charge is 0.392 e. The molecule has 1 atom stereocenters. The second-order valence-corrected chi connectivity index (χ2v) is 4.99. The molecular formula is C12H18N4O4. The molecule has 0 aliphatic carbocycles. The number of hydrogen-bond donors (Lipinski definition) is 1. The molecule has 1 amide bonds. The summed E-state index contributed by atoms with van der Waals surface area (Å²) in [5, 5.41) is 17.0. The topological polar surface area (TPSA) is 107 Å². The maximum Gasteiger partial charge on any atom is 0.392 e. The first-order valence-electron chi connectivity index (χ1n) is 6.20. The zero-order valence-corrected chi connectivity index (χ0v) is 11.9. The normalized spacial score (nSPS) is 12.2. The van der Waals surface area contributed by atoms with Gasteiger partial charge in [-0.3, -0.25) is 9.59 Å². The van der Waals surface area contributed by atoms with Crippen molar-refractivity contribution in [2.24, 2.45) is 5.92 Å². The third-order valence-electron chi connectivity index (χ3n) is 2.82. The number of nitrogens with zero attached hydrogens (tertiary/aromatic N) is 3. The lowest BCUT2D eigenvalue weighted by Gasteiger charge is -2.18. The van der Waals surface area contributed by atoms with Gasteiger partial charge in [0.05, 0.1) is 22.9 Å². The van der Waals surface area contributed by atoms with Crippen LogP contribution in [0.25, 0.3) is 0 Å². The number of Topliss-reactive ketones (excluding diaryl/α,β-unsaturated/α-hetero) is 1. The van der Waals surface area contributed by atoms with Crippen LogP contribution >= 0.6 is 0 Å². The van der Waals surface area contributed by atoms with Crippen molar-refractivity contribution in [3.63, 3.8) is 0 Å². The summed E-state index contributed by atoms with van der Waals surface area (Å²) in [6.45, 7) is 6.45. The lowest BCUT2D eigenvalue weighted by molar-refractivity contribution is -0.390. The van der Waals surface area contributed by atoms with E-state index in [0.717, 1.165) is 0 Å². The van der Waals surface area contributed by atoms with E-state index < -0.39 is 16.9 Å². The number of carbonyl (C=O) groups excluding carboxylic acids is 2. The first-order chi connectivity index (χ1) is 9.22. The Morgan fingerprint density at radius 2 is 2.10 bits per heavy atom. The Labute approximate surface area is 116 Å². The number of nitrogens with one attached hydrogen (secondary N) is 1. The Hall–Kier alpha value is -2.25. The maximum atomic E-state index is 11.8. The van der Waals surface area contributed by atoms with Crippen molar-refractivity contribution in [3.05, 3.63) is 21.9 Å². The number of ketones is 1. The molecule has 8 nitrogen and oxygen atoms in total. The van der Waals surface area contributed by atoms with Gasteiger partial charge in [-0.15, -0.1) is 0 Å². The van der Waals surface area contributed by atoms with Crippen LogP contribution in [0.1, 0.15) is 26.3 Å². The third-order valence-corrected chi connectivity index (χ3v) is 2.82. The van der Waals surface area contributed by atoms with Gasteiger partial charge in [-0.25, -0.2) is 0 Å². The van der Waals surface area contributed by atoms with E-state index in [9.17, 15) is 19.7 Å². The van der Waals surface area contributed by atoms with E-state index >= 15 is 0 Å². The number of nitro groups is 1. The maximum absolute atomic E-state index is 11.8. The molecule has 1 rings (SSSR count). The smallest absolute Gasteiger partial charge is 0.358 e. The summed E-state index contributed by atoms with van der Waals surface area (Å²) >= 11 is 0. The molecule has 1 N–H and O–H groups in total. The molecule has 0 aliphatic heterocycles. The highest BCUT2D eigenvalue weighted by Gasteiger charge is 2.23. The molecule has 0 aromatic carbocycles. The Bertz CT molecular complexity index is 536. The molecule has 0 aliphatic rings. The van der Waals surface area contributed by atoms with Crippen LogP contribution in [-0.4, -0.2) is 32.4 Å². The first kappa shape index (κ1) is 15.8. The Balaban J connectivity index is 2.73. The van der Waals surface area contributed by atoms with Crippen molar-refractivity contribution in [3.8, 4) is 0 Å². The van der Waals surface area contributed by atoms with E-state index in [4.69, 9.17) is 0 Å². The number of rotatable bonds is 6. The molecule has 0 spiro atoms. The van der Waals surface area contributed by atoms with Gasteiger partial charge in [0.25, 0.3) is 0 Å². The van der Waals surface area contributed by atoms with E-state index in [-0.39, 0.29) is 24.1 Å². The number of aryl methyl sites for hydroxylation is 1. The lowest BCUT2D eigenvalue weighted by Crippen LogP contribution is -2.44. The highest BCUT2D eigenvalue weighted by molar-refractivity contribution is 5.87. The van der Waals surface area contributed by atoms with Crippen molar-refractivity contribution < 1.29 is 14.5 Å². The monoisotopic (exact) mass is 282 g/mol. The van der Waals surface area contributed by atoms with Gasteiger partial charge in [-0.05, 0) is 24.7 Å². The highest BCUT2D eigenvalue weighted by atomic mass is 16.6. The number of carbonyl (C=O) groups is 2. The summed E-state index contributed by atoms with van der Waals surface area (Å²) in [5.41, 5.74) is 0.384. The quantitative estimate of drug-likeness (QED) is 0.614. The standard InChI is InChI=1S/C12H18N4O4/c1-7(2)11(9(4)17)13-10(18)6-15-5-8(3)12(14-15)16(19)20/h5,7,11H,6H2,1-4H3,(H,13,18). The molecule has 110 valence electrons.